The van der Waals surface area contributed by atoms with Gasteiger partial charge in [-0.2, -0.15) is 0 Å². The first-order valence-corrected chi connectivity index (χ1v) is 7.63. The van der Waals surface area contributed by atoms with Gasteiger partial charge in [-0.15, -0.1) is 0 Å². The summed E-state index contributed by atoms with van der Waals surface area (Å²) in [4.78, 5) is 1.64. The van der Waals surface area contributed by atoms with Crippen molar-refractivity contribution in [1.82, 2.24) is 0 Å². The average molecular weight is 340 g/mol. The molecule has 1 atom stereocenters. The van der Waals surface area contributed by atoms with Gasteiger partial charge in [0.1, 0.15) is 5.82 Å². The van der Waals surface area contributed by atoms with Crippen molar-refractivity contribution in [2.45, 2.75) is 29.2 Å². The van der Waals surface area contributed by atoms with E-state index >= 15 is 0 Å². The summed E-state index contributed by atoms with van der Waals surface area (Å²) in [5.74, 6) is -0.191. The van der Waals surface area contributed by atoms with Crippen LogP contribution in [0.15, 0.2) is 56.7 Å². The molecule has 2 N–H and O–H groups in total. The van der Waals surface area contributed by atoms with Gasteiger partial charge in [0.2, 0.25) is 0 Å². The second kappa shape index (κ2) is 6.55. The molecule has 0 bridgehead atoms. The molecule has 0 fully saturated rings. The van der Waals surface area contributed by atoms with Crippen molar-refractivity contribution in [1.29, 1.82) is 0 Å². The predicted molar refractivity (Wildman–Crippen MR) is 82.0 cm³/mol. The third-order valence-electron chi connectivity index (χ3n) is 2.63. The fourth-order valence-electron chi connectivity index (χ4n) is 1.76. The summed E-state index contributed by atoms with van der Waals surface area (Å²) < 4.78 is 14.6. The standard InChI is InChI=1S/C15H15BrFNS/c1-10(18)8-11-6-7-12(9-13(11)16)19-15-5-3-2-4-14(15)17/h2-7,9-10H,8,18H2,1H3. The molecule has 2 rings (SSSR count). The van der Waals surface area contributed by atoms with Crippen molar-refractivity contribution in [2.75, 3.05) is 0 Å². The minimum atomic E-state index is -0.191. The zero-order chi connectivity index (χ0) is 13.8. The Bertz CT molecular complexity index is 572. The minimum Gasteiger partial charge on any atom is -0.328 e. The molecule has 2 aromatic carbocycles. The van der Waals surface area contributed by atoms with Crippen LogP contribution < -0.4 is 5.73 Å². The van der Waals surface area contributed by atoms with E-state index in [4.69, 9.17) is 5.73 Å². The molecular weight excluding hydrogens is 325 g/mol. The van der Waals surface area contributed by atoms with Gasteiger partial charge in [0, 0.05) is 20.3 Å². The van der Waals surface area contributed by atoms with E-state index < -0.39 is 0 Å². The molecule has 0 aliphatic heterocycles. The van der Waals surface area contributed by atoms with E-state index in [1.165, 1.54) is 23.4 Å². The second-order valence-electron chi connectivity index (χ2n) is 4.47. The molecule has 0 spiro atoms. The van der Waals surface area contributed by atoms with Crippen LogP contribution in [0.3, 0.4) is 0 Å². The highest BCUT2D eigenvalue weighted by Gasteiger charge is 2.07. The van der Waals surface area contributed by atoms with Crippen LogP contribution in [-0.2, 0) is 6.42 Å². The Morgan fingerprint density at radius 2 is 2.00 bits per heavy atom. The van der Waals surface area contributed by atoms with Gasteiger partial charge in [0.25, 0.3) is 0 Å². The van der Waals surface area contributed by atoms with Crippen LogP contribution in [0.5, 0.6) is 0 Å². The molecule has 0 saturated carbocycles. The van der Waals surface area contributed by atoms with Crippen molar-refractivity contribution in [2.24, 2.45) is 5.73 Å². The number of benzene rings is 2. The van der Waals surface area contributed by atoms with Crippen molar-refractivity contribution < 1.29 is 4.39 Å². The Hall–Kier alpha value is -0.840. The van der Waals surface area contributed by atoms with E-state index in [0.717, 1.165) is 15.8 Å². The highest BCUT2D eigenvalue weighted by atomic mass is 79.9. The molecule has 0 aliphatic carbocycles. The van der Waals surface area contributed by atoms with Crippen LogP contribution in [0.2, 0.25) is 0 Å². The van der Waals surface area contributed by atoms with Gasteiger partial charge in [-0.25, -0.2) is 4.39 Å². The molecule has 0 heterocycles. The Morgan fingerprint density at radius 3 is 2.63 bits per heavy atom. The monoisotopic (exact) mass is 339 g/mol. The molecule has 4 heteroatoms. The lowest BCUT2D eigenvalue weighted by Crippen LogP contribution is -2.17. The normalized spacial score (nSPS) is 12.4. The highest BCUT2D eigenvalue weighted by Crippen LogP contribution is 2.32. The summed E-state index contributed by atoms with van der Waals surface area (Å²) in [6.45, 7) is 1.98. The lowest BCUT2D eigenvalue weighted by atomic mass is 10.1. The first-order valence-electron chi connectivity index (χ1n) is 6.02. The van der Waals surface area contributed by atoms with E-state index in [1.54, 1.807) is 12.1 Å². The third-order valence-corrected chi connectivity index (χ3v) is 4.41. The summed E-state index contributed by atoms with van der Waals surface area (Å²) in [5, 5.41) is 0. The molecule has 0 amide bonds. The summed E-state index contributed by atoms with van der Waals surface area (Å²) >= 11 is 4.96. The van der Waals surface area contributed by atoms with E-state index in [-0.39, 0.29) is 11.9 Å². The first kappa shape index (κ1) is 14.6. The fraction of sp³-hybridized carbons (Fsp3) is 0.200. The van der Waals surface area contributed by atoms with Crippen molar-refractivity contribution >= 4 is 27.7 Å². The number of halogens is 2. The molecule has 0 saturated heterocycles. The number of hydrogen-bond donors (Lipinski definition) is 1. The molecule has 0 radical (unpaired) electrons. The van der Waals surface area contributed by atoms with E-state index in [1.807, 2.05) is 31.2 Å². The number of rotatable bonds is 4. The molecular formula is C15H15BrFNS. The summed E-state index contributed by atoms with van der Waals surface area (Å²) in [5.41, 5.74) is 6.97. The maximum atomic E-state index is 13.6. The fourth-order valence-corrected chi connectivity index (χ4v) is 3.33. The van der Waals surface area contributed by atoms with Crippen molar-refractivity contribution in [3.05, 3.63) is 58.3 Å². The van der Waals surface area contributed by atoms with Crippen molar-refractivity contribution in [3.63, 3.8) is 0 Å². The van der Waals surface area contributed by atoms with E-state index in [2.05, 4.69) is 15.9 Å². The third kappa shape index (κ3) is 4.06. The Kier molecular flexibility index (Phi) is 5.02. The highest BCUT2D eigenvalue weighted by molar-refractivity contribution is 9.10. The van der Waals surface area contributed by atoms with Gasteiger partial charge in [-0.05, 0) is 43.2 Å². The van der Waals surface area contributed by atoms with Gasteiger partial charge in [-0.1, -0.05) is 45.9 Å². The zero-order valence-electron chi connectivity index (χ0n) is 10.6. The Labute approximate surface area is 125 Å². The smallest absolute Gasteiger partial charge is 0.137 e. The topological polar surface area (TPSA) is 26.0 Å². The second-order valence-corrected chi connectivity index (χ2v) is 6.44. The van der Waals surface area contributed by atoms with Crippen LogP contribution in [0.25, 0.3) is 0 Å². The molecule has 100 valence electrons. The van der Waals surface area contributed by atoms with Crippen LogP contribution in [0.1, 0.15) is 12.5 Å². The van der Waals surface area contributed by atoms with Crippen LogP contribution in [0, 0.1) is 5.82 Å². The zero-order valence-corrected chi connectivity index (χ0v) is 13.0. The number of hydrogen-bond acceptors (Lipinski definition) is 2. The molecule has 2 aromatic rings. The maximum absolute atomic E-state index is 13.6. The Balaban J connectivity index is 2.19. The summed E-state index contributed by atoms with van der Waals surface area (Å²) in [6, 6.07) is 13.0. The average Bonchev–Trinajstić information content (AvgIpc) is 2.35. The molecule has 0 aromatic heterocycles. The van der Waals surface area contributed by atoms with Crippen LogP contribution in [-0.4, -0.2) is 6.04 Å². The minimum absolute atomic E-state index is 0.126. The summed E-state index contributed by atoms with van der Waals surface area (Å²) in [6.07, 6.45) is 0.825. The van der Waals surface area contributed by atoms with Gasteiger partial charge in [0.05, 0.1) is 0 Å². The molecule has 19 heavy (non-hydrogen) atoms. The quantitative estimate of drug-likeness (QED) is 0.878. The number of nitrogens with two attached hydrogens (primary N) is 1. The lowest BCUT2D eigenvalue weighted by Gasteiger charge is -2.09. The molecule has 0 aliphatic rings. The van der Waals surface area contributed by atoms with Crippen molar-refractivity contribution in [3.8, 4) is 0 Å². The van der Waals surface area contributed by atoms with E-state index in [0.29, 0.717) is 4.90 Å². The van der Waals surface area contributed by atoms with Gasteiger partial charge < -0.3 is 5.73 Å². The lowest BCUT2D eigenvalue weighted by molar-refractivity contribution is 0.602. The molecule has 1 unspecified atom stereocenters. The van der Waals surface area contributed by atoms with Crippen LogP contribution >= 0.6 is 27.7 Å². The SMILES string of the molecule is CC(N)Cc1ccc(Sc2ccccc2F)cc1Br. The summed E-state index contributed by atoms with van der Waals surface area (Å²) in [7, 11) is 0. The van der Waals surface area contributed by atoms with E-state index in [9.17, 15) is 4.39 Å². The largest absolute Gasteiger partial charge is 0.328 e. The van der Waals surface area contributed by atoms with Gasteiger partial charge in [0.15, 0.2) is 0 Å². The maximum Gasteiger partial charge on any atom is 0.137 e. The van der Waals surface area contributed by atoms with Gasteiger partial charge in [-0.3, -0.25) is 0 Å². The first-order chi connectivity index (χ1) is 9.06. The molecule has 1 nitrogen and oxygen atoms in total. The van der Waals surface area contributed by atoms with Gasteiger partial charge >= 0.3 is 0 Å². The Morgan fingerprint density at radius 1 is 1.26 bits per heavy atom. The predicted octanol–water partition coefficient (Wildman–Crippen LogP) is 4.63. The van der Waals surface area contributed by atoms with Crippen LogP contribution in [0.4, 0.5) is 4.39 Å².